The van der Waals surface area contributed by atoms with E-state index in [9.17, 15) is 18.3 Å². The molecule has 0 fully saturated rings. The Labute approximate surface area is 126 Å². The van der Waals surface area contributed by atoms with Crippen molar-refractivity contribution in [2.45, 2.75) is 38.7 Å². The van der Waals surface area contributed by atoms with E-state index in [1.54, 1.807) is 24.6 Å². The number of nitrogens with zero attached hydrogens (tertiary/aromatic N) is 2. The Morgan fingerprint density at radius 3 is 2.18 bits per heavy atom. The van der Waals surface area contributed by atoms with E-state index >= 15 is 0 Å². The third-order valence-corrected chi connectivity index (χ3v) is 4.73. The second kappa shape index (κ2) is 4.49. The van der Waals surface area contributed by atoms with Crippen molar-refractivity contribution >= 4 is 10.9 Å². The Balaban J connectivity index is 2.32. The van der Waals surface area contributed by atoms with Crippen LogP contribution in [0.15, 0.2) is 12.1 Å². The zero-order valence-corrected chi connectivity index (χ0v) is 13.0. The summed E-state index contributed by atoms with van der Waals surface area (Å²) in [7, 11) is 3.71. The molecule has 2 heterocycles. The maximum atomic E-state index is 13.3. The number of hydrogen-bond acceptors (Lipinski definition) is 2. The van der Waals surface area contributed by atoms with Crippen LogP contribution < -0.4 is 0 Å². The van der Waals surface area contributed by atoms with Gasteiger partial charge in [0.05, 0.1) is 0 Å². The Hall–Kier alpha value is -1.53. The molecule has 3 nitrogen and oxygen atoms in total. The van der Waals surface area contributed by atoms with E-state index in [2.05, 4.69) is 4.90 Å². The number of aromatic nitrogens is 1. The molecule has 0 saturated heterocycles. The zero-order chi connectivity index (χ0) is 16.4. The van der Waals surface area contributed by atoms with Crippen LogP contribution in [0.1, 0.15) is 29.3 Å². The summed E-state index contributed by atoms with van der Waals surface area (Å²) in [5.41, 5.74) is 0.416. The number of alkyl halides is 3. The third-order valence-electron chi connectivity index (χ3n) is 4.73. The van der Waals surface area contributed by atoms with Crippen molar-refractivity contribution in [1.29, 1.82) is 0 Å². The molecule has 120 valence electrons. The average Bonchev–Trinajstić information content (AvgIpc) is 2.84. The van der Waals surface area contributed by atoms with E-state index in [0.717, 1.165) is 30.1 Å². The second-order valence-electron chi connectivity index (χ2n) is 6.40. The van der Waals surface area contributed by atoms with Gasteiger partial charge < -0.3 is 9.67 Å². The molecule has 3 rings (SSSR count). The first-order valence-electron chi connectivity index (χ1n) is 7.13. The maximum absolute atomic E-state index is 13.3. The topological polar surface area (TPSA) is 28.4 Å². The number of halogens is 3. The van der Waals surface area contributed by atoms with Crippen molar-refractivity contribution in [1.82, 2.24) is 9.47 Å². The highest BCUT2D eigenvalue weighted by Crippen LogP contribution is 2.44. The van der Waals surface area contributed by atoms with E-state index in [4.69, 9.17) is 0 Å². The summed E-state index contributed by atoms with van der Waals surface area (Å²) in [5.74, 6) is 0. The van der Waals surface area contributed by atoms with Gasteiger partial charge in [-0.1, -0.05) is 0 Å². The molecule has 0 spiro atoms. The molecular formula is C16H19F3N2O. The molecule has 0 aliphatic carbocycles. The van der Waals surface area contributed by atoms with E-state index < -0.39 is 11.8 Å². The summed E-state index contributed by atoms with van der Waals surface area (Å²) >= 11 is 0. The van der Waals surface area contributed by atoms with Gasteiger partial charge >= 0.3 is 6.18 Å². The van der Waals surface area contributed by atoms with Crippen LogP contribution in [0.5, 0.6) is 0 Å². The lowest BCUT2D eigenvalue weighted by Gasteiger charge is -2.27. The molecule has 6 heteroatoms. The highest BCUT2D eigenvalue weighted by Gasteiger charge is 2.53. The van der Waals surface area contributed by atoms with Gasteiger partial charge in [-0.3, -0.25) is 4.90 Å². The van der Waals surface area contributed by atoms with Gasteiger partial charge in [0.25, 0.3) is 0 Å². The van der Waals surface area contributed by atoms with Crippen LogP contribution in [0, 0.1) is 6.92 Å². The van der Waals surface area contributed by atoms with E-state index in [0.29, 0.717) is 17.6 Å². The van der Waals surface area contributed by atoms with Gasteiger partial charge in [-0.2, -0.15) is 13.2 Å². The van der Waals surface area contributed by atoms with E-state index in [1.165, 1.54) is 0 Å². The monoisotopic (exact) mass is 312 g/mol. The fraction of sp³-hybridized carbons (Fsp3) is 0.500. The maximum Gasteiger partial charge on any atom is 0.421 e. The molecule has 0 radical (unpaired) electrons. The van der Waals surface area contributed by atoms with Crippen LogP contribution in [0.25, 0.3) is 10.9 Å². The Bertz CT molecular complexity index is 759. The highest BCUT2D eigenvalue weighted by atomic mass is 19.4. The zero-order valence-electron chi connectivity index (χ0n) is 13.0. The first-order valence-corrected chi connectivity index (χ1v) is 7.13. The van der Waals surface area contributed by atoms with Crippen molar-refractivity contribution in [2.24, 2.45) is 7.05 Å². The molecule has 0 saturated carbocycles. The fourth-order valence-electron chi connectivity index (χ4n) is 3.39. The largest absolute Gasteiger partial charge is 0.421 e. The summed E-state index contributed by atoms with van der Waals surface area (Å²) < 4.78 is 41.6. The number of hydrogen-bond donors (Lipinski definition) is 1. The fourth-order valence-corrected chi connectivity index (χ4v) is 3.39. The third kappa shape index (κ3) is 1.97. The number of aliphatic hydroxyl groups is 1. The molecule has 0 amide bonds. The molecule has 2 aromatic rings. The minimum Gasteiger partial charge on any atom is -0.376 e. The molecular weight excluding hydrogens is 293 g/mol. The van der Waals surface area contributed by atoms with Crippen LogP contribution in [-0.2, 0) is 25.7 Å². The molecule has 1 aromatic carbocycles. The van der Waals surface area contributed by atoms with Crippen molar-refractivity contribution in [3.63, 3.8) is 0 Å². The quantitative estimate of drug-likeness (QED) is 0.876. The van der Waals surface area contributed by atoms with Crippen LogP contribution in [0.2, 0.25) is 0 Å². The number of benzene rings is 1. The normalized spacial score (nSPS) is 18.7. The molecule has 1 aliphatic rings. The molecule has 1 N–H and O–H groups in total. The first kappa shape index (κ1) is 15.4. The van der Waals surface area contributed by atoms with Crippen molar-refractivity contribution in [2.75, 3.05) is 7.05 Å². The van der Waals surface area contributed by atoms with Gasteiger partial charge in [-0.05, 0) is 44.2 Å². The van der Waals surface area contributed by atoms with E-state index in [1.807, 2.05) is 13.1 Å². The smallest absolute Gasteiger partial charge is 0.376 e. The lowest BCUT2D eigenvalue weighted by Crippen LogP contribution is -2.39. The summed E-state index contributed by atoms with van der Waals surface area (Å²) in [6, 6.07) is 3.74. The predicted molar refractivity (Wildman–Crippen MR) is 78.5 cm³/mol. The van der Waals surface area contributed by atoms with Gasteiger partial charge in [0, 0.05) is 42.3 Å². The van der Waals surface area contributed by atoms with Gasteiger partial charge in [-0.15, -0.1) is 0 Å². The molecule has 1 atom stereocenters. The van der Waals surface area contributed by atoms with Gasteiger partial charge in [0.15, 0.2) is 5.60 Å². The Morgan fingerprint density at radius 2 is 1.64 bits per heavy atom. The molecule has 1 unspecified atom stereocenters. The number of rotatable bonds is 1. The molecule has 0 bridgehead atoms. The van der Waals surface area contributed by atoms with Crippen LogP contribution >= 0.6 is 0 Å². The minimum atomic E-state index is -4.72. The Kier molecular flexibility index (Phi) is 3.14. The predicted octanol–water partition coefficient (Wildman–Crippen LogP) is 3.20. The number of fused-ring (bicyclic) bond motifs is 2. The molecule has 1 aromatic heterocycles. The van der Waals surface area contributed by atoms with Crippen LogP contribution in [-0.4, -0.2) is 27.8 Å². The molecule has 1 aliphatic heterocycles. The number of aryl methyl sites for hydroxylation is 1. The van der Waals surface area contributed by atoms with Crippen LogP contribution in [0.4, 0.5) is 13.2 Å². The van der Waals surface area contributed by atoms with Gasteiger partial charge in [0.1, 0.15) is 0 Å². The highest BCUT2D eigenvalue weighted by molar-refractivity contribution is 5.88. The average molecular weight is 312 g/mol. The van der Waals surface area contributed by atoms with Gasteiger partial charge in [0.2, 0.25) is 0 Å². The summed E-state index contributed by atoms with van der Waals surface area (Å²) in [4.78, 5) is 2.11. The lowest BCUT2D eigenvalue weighted by atomic mass is 9.91. The standard InChI is InChI=1S/C16H19F3N2O/c1-9-14(15(2,22)16(17,18)19)12-5-10-7-20(3)8-11(10)6-13(12)21(9)4/h5-6,22H,7-8H2,1-4H3. The summed E-state index contributed by atoms with van der Waals surface area (Å²) in [5, 5.41) is 10.6. The van der Waals surface area contributed by atoms with E-state index in [-0.39, 0.29) is 5.56 Å². The first-order chi connectivity index (χ1) is 10.0. The van der Waals surface area contributed by atoms with Crippen molar-refractivity contribution in [3.8, 4) is 0 Å². The Morgan fingerprint density at radius 1 is 1.09 bits per heavy atom. The lowest BCUT2D eigenvalue weighted by molar-refractivity contribution is -0.258. The van der Waals surface area contributed by atoms with Gasteiger partial charge in [-0.25, -0.2) is 0 Å². The molecule has 22 heavy (non-hydrogen) atoms. The van der Waals surface area contributed by atoms with Crippen molar-refractivity contribution in [3.05, 3.63) is 34.5 Å². The minimum absolute atomic E-state index is 0.0464. The summed E-state index contributed by atoms with van der Waals surface area (Å²) in [6.45, 7) is 3.95. The second-order valence-corrected chi connectivity index (χ2v) is 6.40. The summed E-state index contributed by atoms with van der Waals surface area (Å²) in [6.07, 6.45) is -4.72. The van der Waals surface area contributed by atoms with Crippen molar-refractivity contribution < 1.29 is 18.3 Å². The van der Waals surface area contributed by atoms with Crippen LogP contribution in [0.3, 0.4) is 0 Å². The SMILES string of the molecule is Cc1c(C(C)(O)C(F)(F)F)c2cc3c(cc2n1C)CN(C)C3.